The maximum Gasteiger partial charge on any atom is 0.389 e. The third kappa shape index (κ3) is 4.97. The van der Waals surface area contributed by atoms with E-state index in [1.165, 1.54) is 4.90 Å². The SMILES string of the molecule is NC(=O)Cn1ccnc1[C@H]1CCCN(C(=O)CCC(F)(F)F)C1. The molecule has 9 heteroatoms. The summed E-state index contributed by atoms with van der Waals surface area (Å²) < 4.78 is 38.3. The van der Waals surface area contributed by atoms with Crippen LogP contribution in [0.5, 0.6) is 0 Å². The summed E-state index contributed by atoms with van der Waals surface area (Å²) in [6.45, 7) is 0.754. The molecule has 2 rings (SSSR count). The molecule has 1 fully saturated rings. The van der Waals surface area contributed by atoms with E-state index in [-0.39, 0.29) is 12.5 Å². The number of alkyl halides is 3. The van der Waals surface area contributed by atoms with Crippen molar-refractivity contribution in [3.63, 3.8) is 0 Å². The average Bonchev–Trinajstić information content (AvgIpc) is 2.91. The van der Waals surface area contributed by atoms with Crippen LogP contribution in [0.2, 0.25) is 0 Å². The molecule has 6 nitrogen and oxygen atoms in total. The molecular formula is C14H19F3N4O2. The van der Waals surface area contributed by atoms with Crippen molar-refractivity contribution in [1.82, 2.24) is 14.5 Å². The Bertz CT molecular complexity index is 571. The monoisotopic (exact) mass is 332 g/mol. The number of imidazole rings is 1. The zero-order chi connectivity index (χ0) is 17.0. The lowest BCUT2D eigenvalue weighted by Crippen LogP contribution is -2.40. The Hall–Kier alpha value is -2.06. The van der Waals surface area contributed by atoms with Gasteiger partial charge in [0, 0.05) is 37.8 Å². The van der Waals surface area contributed by atoms with Crippen molar-refractivity contribution in [2.24, 2.45) is 5.73 Å². The summed E-state index contributed by atoms with van der Waals surface area (Å²) >= 11 is 0. The van der Waals surface area contributed by atoms with Gasteiger partial charge in [-0.25, -0.2) is 4.98 Å². The molecule has 0 aromatic carbocycles. The predicted octanol–water partition coefficient (Wildman–Crippen LogP) is 1.42. The van der Waals surface area contributed by atoms with E-state index in [4.69, 9.17) is 5.73 Å². The number of nitrogens with two attached hydrogens (primary N) is 1. The van der Waals surface area contributed by atoms with Gasteiger partial charge in [-0.15, -0.1) is 0 Å². The number of carbonyl (C=O) groups is 2. The topological polar surface area (TPSA) is 81.2 Å². The van der Waals surface area contributed by atoms with Gasteiger partial charge in [-0.1, -0.05) is 0 Å². The van der Waals surface area contributed by atoms with Crippen molar-refractivity contribution < 1.29 is 22.8 Å². The Morgan fingerprint density at radius 2 is 2.13 bits per heavy atom. The van der Waals surface area contributed by atoms with Crippen molar-refractivity contribution in [1.29, 1.82) is 0 Å². The minimum atomic E-state index is -4.33. The van der Waals surface area contributed by atoms with E-state index < -0.39 is 30.8 Å². The second-order valence-electron chi connectivity index (χ2n) is 5.67. The van der Waals surface area contributed by atoms with Gasteiger partial charge >= 0.3 is 6.18 Å². The number of likely N-dealkylation sites (tertiary alicyclic amines) is 1. The van der Waals surface area contributed by atoms with Crippen LogP contribution in [0.4, 0.5) is 13.2 Å². The van der Waals surface area contributed by atoms with Crippen LogP contribution in [-0.2, 0) is 16.1 Å². The Morgan fingerprint density at radius 3 is 2.78 bits per heavy atom. The molecule has 2 N–H and O–H groups in total. The maximum atomic E-state index is 12.2. The molecule has 1 aromatic rings. The Labute approximate surface area is 131 Å². The van der Waals surface area contributed by atoms with Crippen LogP contribution in [0.15, 0.2) is 12.4 Å². The minimum Gasteiger partial charge on any atom is -0.368 e. The number of nitrogens with zero attached hydrogens (tertiary/aromatic N) is 3. The second-order valence-corrected chi connectivity index (χ2v) is 5.67. The lowest BCUT2D eigenvalue weighted by molar-refractivity contribution is -0.149. The number of hydrogen-bond acceptors (Lipinski definition) is 3. The van der Waals surface area contributed by atoms with Crippen LogP contribution >= 0.6 is 0 Å². The average molecular weight is 332 g/mol. The molecule has 0 bridgehead atoms. The molecule has 0 spiro atoms. The number of amides is 2. The number of carbonyl (C=O) groups excluding carboxylic acids is 2. The number of primary amides is 1. The Kier molecular flexibility index (Phi) is 5.27. The van der Waals surface area contributed by atoms with Gasteiger partial charge in [-0.05, 0) is 12.8 Å². The smallest absolute Gasteiger partial charge is 0.368 e. The molecule has 1 atom stereocenters. The van der Waals surface area contributed by atoms with E-state index in [1.54, 1.807) is 17.0 Å². The molecule has 1 aliphatic rings. The van der Waals surface area contributed by atoms with Crippen molar-refractivity contribution in [2.45, 2.75) is 44.3 Å². The lowest BCUT2D eigenvalue weighted by atomic mass is 9.96. The quantitative estimate of drug-likeness (QED) is 0.885. The van der Waals surface area contributed by atoms with E-state index in [0.717, 1.165) is 6.42 Å². The largest absolute Gasteiger partial charge is 0.389 e. The molecule has 0 radical (unpaired) electrons. The zero-order valence-electron chi connectivity index (χ0n) is 12.6. The zero-order valence-corrected chi connectivity index (χ0v) is 12.6. The molecule has 1 saturated heterocycles. The van der Waals surface area contributed by atoms with Gasteiger partial charge in [0.1, 0.15) is 12.4 Å². The molecule has 128 valence electrons. The van der Waals surface area contributed by atoms with Gasteiger partial charge in [0.25, 0.3) is 0 Å². The summed E-state index contributed by atoms with van der Waals surface area (Å²) in [6.07, 6.45) is -1.35. The second kappa shape index (κ2) is 7.01. The van der Waals surface area contributed by atoms with E-state index >= 15 is 0 Å². The molecule has 1 aromatic heterocycles. The van der Waals surface area contributed by atoms with Crippen LogP contribution in [0.1, 0.15) is 37.4 Å². The van der Waals surface area contributed by atoms with E-state index in [1.807, 2.05) is 0 Å². The highest BCUT2D eigenvalue weighted by atomic mass is 19.4. The van der Waals surface area contributed by atoms with Gasteiger partial charge in [0.15, 0.2) is 0 Å². The normalized spacial score (nSPS) is 18.9. The summed E-state index contributed by atoms with van der Waals surface area (Å²) in [4.78, 5) is 28.7. The highest BCUT2D eigenvalue weighted by Crippen LogP contribution is 2.27. The highest BCUT2D eigenvalue weighted by molar-refractivity contribution is 5.76. The Balaban J connectivity index is 1.99. The first-order valence-electron chi connectivity index (χ1n) is 7.40. The van der Waals surface area contributed by atoms with Crippen LogP contribution in [-0.4, -0.2) is 45.5 Å². The first kappa shape index (κ1) is 17.3. The van der Waals surface area contributed by atoms with Crippen LogP contribution in [0.25, 0.3) is 0 Å². The summed E-state index contributed by atoms with van der Waals surface area (Å²) in [6, 6.07) is 0. The van der Waals surface area contributed by atoms with Crippen LogP contribution < -0.4 is 5.73 Å². The number of hydrogen-bond donors (Lipinski definition) is 1. The molecule has 1 aliphatic heterocycles. The molecule has 0 saturated carbocycles. The van der Waals surface area contributed by atoms with Gasteiger partial charge < -0.3 is 15.2 Å². The predicted molar refractivity (Wildman–Crippen MR) is 75.3 cm³/mol. The highest BCUT2D eigenvalue weighted by Gasteiger charge is 2.31. The molecule has 23 heavy (non-hydrogen) atoms. The van der Waals surface area contributed by atoms with Crippen molar-refractivity contribution in [3.05, 3.63) is 18.2 Å². The Morgan fingerprint density at radius 1 is 1.39 bits per heavy atom. The maximum absolute atomic E-state index is 12.2. The summed E-state index contributed by atoms with van der Waals surface area (Å²) in [5, 5.41) is 0. The van der Waals surface area contributed by atoms with Gasteiger partial charge in [0.05, 0.1) is 6.42 Å². The fourth-order valence-corrected chi connectivity index (χ4v) is 2.80. The first-order chi connectivity index (χ1) is 10.8. The third-order valence-corrected chi connectivity index (χ3v) is 3.84. The summed E-state index contributed by atoms with van der Waals surface area (Å²) in [5.41, 5.74) is 5.18. The van der Waals surface area contributed by atoms with Crippen molar-refractivity contribution in [2.75, 3.05) is 13.1 Å². The van der Waals surface area contributed by atoms with E-state index in [2.05, 4.69) is 4.98 Å². The molecule has 0 aliphatic carbocycles. The number of piperidine rings is 1. The third-order valence-electron chi connectivity index (χ3n) is 3.84. The minimum absolute atomic E-state index is 0.00610. The first-order valence-corrected chi connectivity index (χ1v) is 7.40. The van der Waals surface area contributed by atoms with Crippen LogP contribution in [0, 0.1) is 0 Å². The summed E-state index contributed by atoms with van der Waals surface area (Å²) in [7, 11) is 0. The number of halogens is 3. The number of rotatable bonds is 5. The van der Waals surface area contributed by atoms with Gasteiger partial charge in [-0.2, -0.15) is 13.2 Å². The van der Waals surface area contributed by atoms with E-state index in [9.17, 15) is 22.8 Å². The lowest BCUT2D eigenvalue weighted by Gasteiger charge is -2.32. The molecule has 2 heterocycles. The molecular weight excluding hydrogens is 313 g/mol. The van der Waals surface area contributed by atoms with Gasteiger partial charge in [0.2, 0.25) is 11.8 Å². The molecule has 0 unspecified atom stereocenters. The van der Waals surface area contributed by atoms with Crippen molar-refractivity contribution in [3.8, 4) is 0 Å². The van der Waals surface area contributed by atoms with Crippen molar-refractivity contribution >= 4 is 11.8 Å². The van der Waals surface area contributed by atoms with Gasteiger partial charge in [-0.3, -0.25) is 9.59 Å². The number of aromatic nitrogens is 2. The fraction of sp³-hybridized carbons (Fsp3) is 0.643. The summed E-state index contributed by atoms with van der Waals surface area (Å²) in [5.74, 6) is -0.469. The molecule has 2 amide bonds. The fourth-order valence-electron chi connectivity index (χ4n) is 2.80. The van der Waals surface area contributed by atoms with Crippen LogP contribution in [0.3, 0.4) is 0 Å². The standard InChI is InChI=1S/C14H19F3N4O2/c15-14(16,17)4-3-12(23)20-6-1-2-10(8-20)13-19-5-7-21(13)9-11(18)22/h5,7,10H,1-4,6,8-9H2,(H2,18,22)/t10-/m0/s1. The van der Waals surface area contributed by atoms with E-state index in [0.29, 0.717) is 25.3 Å².